The molecule has 0 aliphatic rings. The van der Waals surface area contributed by atoms with Crippen molar-refractivity contribution in [3.05, 3.63) is 12.0 Å². The van der Waals surface area contributed by atoms with Crippen LogP contribution < -0.4 is 5.73 Å². The van der Waals surface area contributed by atoms with Crippen LogP contribution in [0.4, 0.5) is 5.82 Å². The van der Waals surface area contributed by atoms with Gasteiger partial charge in [-0.2, -0.15) is 0 Å². The summed E-state index contributed by atoms with van der Waals surface area (Å²) in [5.41, 5.74) is 5.72. The molecule has 0 radical (unpaired) electrons. The number of aromatic nitrogens is 2. The van der Waals surface area contributed by atoms with E-state index in [0.29, 0.717) is 11.5 Å². The summed E-state index contributed by atoms with van der Waals surface area (Å²) in [4.78, 5) is 7.98. The van der Waals surface area contributed by atoms with Crippen LogP contribution in [0.25, 0.3) is 0 Å². The fourth-order valence-electron chi connectivity index (χ4n) is 0.888. The third kappa shape index (κ3) is 1.34. The Balaban J connectivity index is 3.21. The molecule has 0 bridgehead atoms. The number of hydrogen-bond donors (Lipinski definition) is 2. The van der Waals surface area contributed by atoms with E-state index in [1.54, 1.807) is 24.0 Å². The summed E-state index contributed by atoms with van der Waals surface area (Å²) in [5, 5.41) is 7.20. The molecule has 3 N–H and O–H groups in total. The second-order valence-electron chi connectivity index (χ2n) is 2.33. The molecule has 0 unspecified atom stereocenters. The standard InChI is InChI=1S/C7H11N5/c1-3-10-7-5(6(8)9)11-4-12(7)2/h3-4H,1-2H3,(H3,8,9)/b10-3-. The van der Waals surface area contributed by atoms with Gasteiger partial charge in [0.1, 0.15) is 11.5 Å². The molecule has 12 heavy (non-hydrogen) atoms. The number of aliphatic imine (C=N–C) groups is 1. The molecule has 0 fully saturated rings. The number of nitrogen functional groups attached to an aromatic ring is 1. The van der Waals surface area contributed by atoms with E-state index < -0.39 is 0 Å². The lowest BCUT2D eigenvalue weighted by Gasteiger charge is -1.96. The number of nitrogens with zero attached hydrogens (tertiary/aromatic N) is 3. The zero-order chi connectivity index (χ0) is 9.14. The second-order valence-corrected chi connectivity index (χ2v) is 2.33. The number of amidine groups is 1. The first-order valence-corrected chi connectivity index (χ1v) is 3.51. The van der Waals surface area contributed by atoms with E-state index >= 15 is 0 Å². The summed E-state index contributed by atoms with van der Waals surface area (Å²) in [6.45, 7) is 1.80. The average Bonchev–Trinajstić information content (AvgIpc) is 2.34. The maximum absolute atomic E-state index is 7.20. The lowest BCUT2D eigenvalue weighted by molar-refractivity contribution is 0.912. The predicted molar refractivity (Wildman–Crippen MR) is 48.1 cm³/mol. The number of aryl methyl sites for hydroxylation is 1. The molecule has 0 aliphatic heterocycles. The van der Waals surface area contributed by atoms with E-state index in [9.17, 15) is 0 Å². The highest BCUT2D eigenvalue weighted by Gasteiger charge is 2.08. The molecule has 1 aromatic heterocycles. The molecular weight excluding hydrogens is 154 g/mol. The van der Waals surface area contributed by atoms with Crippen molar-refractivity contribution < 1.29 is 0 Å². The lowest BCUT2D eigenvalue weighted by Crippen LogP contribution is -2.11. The van der Waals surface area contributed by atoms with Crippen molar-refractivity contribution in [1.29, 1.82) is 5.41 Å². The first-order valence-electron chi connectivity index (χ1n) is 3.51. The van der Waals surface area contributed by atoms with Gasteiger partial charge in [-0.1, -0.05) is 0 Å². The Bertz CT molecular complexity index is 323. The Morgan fingerprint density at radius 3 is 3.00 bits per heavy atom. The van der Waals surface area contributed by atoms with E-state index in [-0.39, 0.29) is 5.84 Å². The van der Waals surface area contributed by atoms with Crippen molar-refractivity contribution in [3.63, 3.8) is 0 Å². The zero-order valence-electron chi connectivity index (χ0n) is 7.07. The van der Waals surface area contributed by atoms with Crippen LogP contribution in [0.1, 0.15) is 12.6 Å². The number of rotatable bonds is 2. The van der Waals surface area contributed by atoms with Gasteiger partial charge in [-0.25, -0.2) is 9.98 Å². The van der Waals surface area contributed by atoms with Crippen molar-refractivity contribution >= 4 is 17.9 Å². The molecule has 0 saturated heterocycles. The van der Waals surface area contributed by atoms with Gasteiger partial charge in [0.05, 0.1) is 6.33 Å². The van der Waals surface area contributed by atoms with Crippen LogP contribution in [-0.4, -0.2) is 21.6 Å². The average molecular weight is 165 g/mol. The molecule has 0 saturated carbocycles. The number of nitrogens with two attached hydrogens (primary N) is 1. The van der Waals surface area contributed by atoms with Gasteiger partial charge in [-0.05, 0) is 6.92 Å². The monoisotopic (exact) mass is 165 g/mol. The maximum Gasteiger partial charge on any atom is 0.163 e. The quantitative estimate of drug-likeness (QED) is 0.492. The third-order valence-corrected chi connectivity index (χ3v) is 1.41. The van der Waals surface area contributed by atoms with Crippen LogP contribution in [0.2, 0.25) is 0 Å². The summed E-state index contributed by atoms with van der Waals surface area (Å²) in [5.74, 6) is 0.557. The molecule has 0 atom stereocenters. The van der Waals surface area contributed by atoms with Gasteiger partial charge >= 0.3 is 0 Å². The van der Waals surface area contributed by atoms with E-state index in [2.05, 4.69) is 9.98 Å². The van der Waals surface area contributed by atoms with Gasteiger partial charge in [0.15, 0.2) is 5.82 Å². The van der Waals surface area contributed by atoms with Crippen molar-refractivity contribution in [1.82, 2.24) is 9.55 Å². The van der Waals surface area contributed by atoms with Crippen LogP contribution in [0, 0.1) is 5.41 Å². The predicted octanol–water partition coefficient (Wildman–Crippen LogP) is 0.426. The van der Waals surface area contributed by atoms with Gasteiger partial charge in [0.2, 0.25) is 0 Å². The number of imidazole rings is 1. The Kier molecular flexibility index (Phi) is 2.23. The molecule has 0 amide bonds. The first kappa shape index (κ1) is 8.45. The lowest BCUT2D eigenvalue weighted by atomic mass is 10.4. The van der Waals surface area contributed by atoms with Gasteiger partial charge in [0.25, 0.3) is 0 Å². The van der Waals surface area contributed by atoms with Gasteiger partial charge in [0, 0.05) is 13.3 Å². The molecule has 1 aromatic rings. The molecule has 5 heteroatoms. The maximum atomic E-state index is 7.20. The molecule has 1 rings (SSSR count). The SMILES string of the molecule is C/C=N\c1c(C(=N)N)ncn1C. The van der Waals surface area contributed by atoms with Crippen molar-refractivity contribution in [2.45, 2.75) is 6.92 Å². The highest BCUT2D eigenvalue weighted by atomic mass is 15.1. The molecule has 0 aliphatic carbocycles. The summed E-state index contributed by atoms with van der Waals surface area (Å²) in [6.07, 6.45) is 3.22. The molecule has 5 nitrogen and oxygen atoms in total. The van der Waals surface area contributed by atoms with Crippen LogP contribution >= 0.6 is 0 Å². The van der Waals surface area contributed by atoms with Crippen LogP contribution in [0.3, 0.4) is 0 Å². The Hall–Kier alpha value is -1.65. The molecule has 64 valence electrons. The zero-order valence-corrected chi connectivity index (χ0v) is 7.07. The Labute approximate surface area is 70.5 Å². The van der Waals surface area contributed by atoms with Gasteiger partial charge < -0.3 is 10.3 Å². The van der Waals surface area contributed by atoms with Crippen molar-refractivity contribution in [3.8, 4) is 0 Å². The third-order valence-electron chi connectivity index (χ3n) is 1.41. The minimum atomic E-state index is -0.0591. The van der Waals surface area contributed by atoms with Crippen LogP contribution in [0.5, 0.6) is 0 Å². The van der Waals surface area contributed by atoms with Crippen LogP contribution in [-0.2, 0) is 7.05 Å². The molecule has 0 aromatic carbocycles. The minimum absolute atomic E-state index is 0.0591. The number of hydrogen-bond acceptors (Lipinski definition) is 3. The molecule has 0 spiro atoms. The van der Waals surface area contributed by atoms with Gasteiger partial charge in [-0.3, -0.25) is 5.41 Å². The van der Waals surface area contributed by atoms with Crippen molar-refractivity contribution in [2.24, 2.45) is 17.8 Å². The Morgan fingerprint density at radius 1 is 1.83 bits per heavy atom. The second kappa shape index (κ2) is 3.17. The van der Waals surface area contributed by atoms with E-state index in [0.717, 1.165) is 0 Å². The highest BCUT2D eigenvalue weighted by molar-refractivity contribution is 5.97. The normalized spacial score (nSPS) is 10.8. The van der Waals surface area contributed by atoms with E-state index in [4.69, 9.17) is 11.1 Å². The largest absolute Gasteiger partial charge is 0.382 e. The molecule has 1 heterocycles. The van der Waals surface area contributed by atoms with Gasteiger partial charge in [-0.15, -0.1) is 0 Å². The fraction of sp³-hybridized carbons (Fsp3) is 0.286. The highest BCUT2D eigenvalue weighted by Crippen LogP contribution is 2.14. The molecular formula is C7H11N5. The number of nitrogens with one attached hydrogen (secondary N) is 1. The summed E-state index contributed by atoms with van der Waals surface area (Å²) >= 11 is 0. The topological polar surface area (TPSA) is 80.1 Å². The minimum Gasteiger partial charge on any atom is -0.382 e. The summed E-state index contributed by atoms with van der Waals surface area (Å²) in [7, 11) is 1.81. The smallest absolute Gasteiger partial charge is 0.163 e. The summed E-state index contributed by atoms with van der Waals surface area (Å²) in [6, 6.07) is 0. The van der Waals surface area contributed by atoms with Crippen molar-refractivity contribution in [2.75, 3.05) is 0 Å². The van der Waals surface area contributed by atoms with E-state index in [1.165, 1.54) is 0 Å². The van der Waals surface area contributed by atoms with Crippen LogP contribution in [0.15, 0.2) is 11.3 Å². The van der Waals surface area contributed by atoms with E-state index in [1.807, 2.05) is 7.05 Å². The summed E-state index contributed by atoms with van der Waals surface area (Å²) < 4.78 is 1.72. The first-order chi connectivity index (χ1) is 5.66. The Morgan fingerprint density at radius 2 is 2.50 bits per heavy atom. The fourth-order valence-corrected chi connectivity index (χ4v) is 0.888.